The second-order valence-corrected chi connectivity index (χ2v) is 8.26. The predicted octanol–water partition coefficient (Wildman–Crippen LogP) is 4.52. The molecule has 0 bridgehead atoms. The highest BCUT2D eigenvalue weighted by atomic mass is 32.2. The molecule has 0 radical (unpaired) electrons. The Balaban J connectivity index is 1.46. The summed E-state index contributed by atoms with van der Waals surface area (Å²) < 4.78 is 20.9. The van der Waals surface area contributed by atoms with E-state index >= 15 is 0 Å². The van der Waals surface area contributed by atoms with E-state index in [1.807, 2.05) is 36.7 Å². The van der Waals surface area contributed by atoms with E-state index in [9.17, 15) is 9.18 Å². The molecule has 158 valence electrons. The van der Waals surface area contributed by atoms with Crippen LogP contribution in [-0.2, 0) is 23.3 Å². The maximum Gasteiger partial charge on any atom is 0.234 e. The number of benzene rings is 2. The summed E-state index contributed by atoms with van der Waals surface area (Å²) >= 11 is 2.89. The molecule has 3 aromatic rings. The minimum atomic E-state index is -0.197. The first kappa shape index (κ1) is 22.2. The van der Waals surface area contributed by atoms with E-state index in [1.54, 1.807) is 36.0 Å². The smallest absolute Gasteiger partial charge is 0.234 e. The molecular formula is C21H23FN4O2S2. The van der Waals surface area contributed by atoms with Crippen molar-refractivity contribution in [2.24, 2.45) is 7.05 Å². The van der Waals surface area contributed by atoms with Gasteiger partial charge in [0.25, 0.3) is 0 Å². The highest BCUT2D eigenvalue weighted by Crippen LogP contribution is 2.22. The van der Waals surface area contributed by atoms with Crippen molar-refractivity contribution in [2.75, 3.05) is 17.7 Å². The average molecular weight is 447 g/mol. The summed E-state index contributed by atoms with van der Waals surface area (Å²) in [5.41, 5.74) is 1.39. The zero-order valence-corrected chi connectivity index (χ0v) is 18.4. The van der Waals surface area contributed by atoms with Gasteiger partial charge in [0.2, 0.25) is 5.91 Å². The van der Waals surface area contributed by atoms with Gasteiger partial charge in [0, 0.05) is 18.5 Å². The molecule has 0 unspecified atom stereocenters. The van der Waals surface area contributed by atoms with Crippen molar-refractivity contribution in [2.45, 2.75) is 23.6 Å². The van der Waals surface area contributed by atoms with Crippen molar-refractivity contribution in [3.63, 3.8) is 0 Å². The molecule has 2 aromatic carbocycles. The fourth-order valence-electron chi connectivity index (χ4n) is 2.59. The van der Waals surface area contributed by atoms with E-state index in [0.717, 1.165) is 11.6 Å². The Labute approximate surface area is 183 Å². The van der Waals surface area contributed by atoms with Crippen LogP contribution in [0, 0.1) is 5.82 Å². The molecule has 3 rings (SSSR count). The summed E-state index contributed by atoms with van der Waals surface area (Å²) in [4.78, 5) is 12.2. The molecule has 0 spiro atoms. The molecule has 6 nitrogen and oxygen atoms in total. The van der Waals surface area contributed by atoms with Crippen LogP contribution in [-0.4, -0.2) is 33.0 Å². The number of amides is 1. The Bertz CT molecular complexity index is 979. The maximum atomic E-state index is 13.7. The lowest BCUT2D eigenvalue weighted by atomic mass is 10.2. The van der Waals surface area contributed by atoms with E-state index in [0.29, 0.717) is 34.5 Å². The standard InChI is InChI=1S/C21H23FN4O2S2/c1-3-28-17-10-8-16(9-11-17)23-20(27)14-30-21-25-24-19(26(21)2)13-29-12-15-6-4-5-7-18(15)22/h4-11H,3,12-14H2,1-2H3,(H,23,27). The first-order valence-electron chi connectivity index (χ1n) is 9.41. The number of rotatable bonds is 10. The molecule has 9 heteroatoms. The number of halogens is 1. The van der Waals surface area contributed by atoms with Crippen molar-refractivity contribution in [1.29, 1.82) is 0 Å². The van der Waals surface area contributed by atoms with Gasteiger partial charge >= 0.3 is 0 Å². The van der Waals surface area contributed by atoms with Gasteiger partial charge < -0.3 is 14.6 Å². The summed E-state index contributed by atoms with van der Waals surface area (Å²) in [6.45, 7) is 2.52. The summed E-state index contributed by atoms with van der Waals surface area (Å²) in [6, 6.07) is 14.0. The zero-order chi connectivity index (χ0) is 21.3. The van der Waals surface area contributed by atoms with Crippen LogP contribution in [0.15, 0.2) is 53.7 Å². The topological polar surface area (TPSA) is 69.0 Å². The maximum absolute atomic E-state index is 13.7. The number of carbonyl (C=O) groups excluding carboxylic acids is 1. The highest BCUT2D eigenvalue weighted by Gasteiger charge is 2.12. The van der Waals surface area contributed by atoms with Crippen molar-refractivity contribution in [1.82, 2.24) is 14.8 Å². The van der Waals surface area contributed by atoms with Gasteiger partial charge in [0.1, 0.15) is 17.4 Å². The van der Waals surface area contributed by atoms with Crippen LogP contribution in [0.25, 0.3) is 0 Å². The van der Waals surface area contributed by atoms with Gasteiger partial charge in [0.15, 0.2) is 5.16 Å². The third-order valence-electron chi connectivity index (χ3n) is 4.15. The van der Waals surface area contributed by atoms with Gasteiger partial charge in [-0.1, -0.05) is 30.0 Å². The van der Waals surface area contributed by atoms with Crippen molar-refractivity contribution >= 4 is 35.1 Å². The number of hydrogen-bond donors (Lipinski definition) is 1. The van der Waals surface area contributed by atoms with E-state index < -0.39 is 0 Å². The van der Waals surface area contributed by atoms with Crippen LogP contribution in [0.3, 0.4) is 0 Å². The van der Waals surface area contributed by atoms with Crippen LogP contribution in [0.4, 0.5) is 10.1 Å². The summed E-state index contributed by atoms with van der Waals surface area (Å²) in [6.07, 6.45) is 0. The van der Waals surface area contributed by atoms with Crippen LogP contribution in [0.1, 0.15) is 18.3 Å². The first-order valence-corrected chi connectivity index (χ1v) is 11.6. The Morgan fingerprint density at radius 2 is 1.90 bits per heavy atom. The van der Waals surface area contributed by atoms with E-state index in [1.165, 1.54) is 17.8 Å². The molecule has 1 N–H and O–H groups in total. The van der Waals surface area contributed by atoms with Gasteiger partial charge in [-0.05, 0) is 42.8 Å². The van der Waals surface area contributed by atoms with Gasteiger partial charge in [-0.15, -0.1) is 22.0 Å². The first-order chi connectivity index (χ1) is 14.6. The number of nitrogens with one attached hydrogen (secondary N) is 1. The monoisotopic (exact) mass is 446 g/mol. The number of thioether (sulfide) groups is 2. The second kappa shape index (κ2) is 11.0. The number of aromatic nitrogens is 3. The fourth-order valence-corrected chi connectivity index (χ4v) is 4.31. The van der Waals surface area contributed by atoms with Crippen LogP contribution in [0.2, 0.25) is 0 Å². The van der Waals surface area contributed by atoms with Gasteiger partial charge in [-0.3, -0.25) is 4.79 Å². The molecule has 0 aliphatic heterocycles. The van der Waals surface area contributed by atoms with Crippen LogP contribution in [0.5, 0.6) is 5.75 Å². The second-order valence-electron chi connectivity index (χ2n) is 6.34. The summed E-state index contributed by atoms with van der Waals surface area (Å²) in [5, 5.41) is 11.9. The zero-order valence-electron chi connectivity index (χ0n) is 16.8. The third kappa shape index (κ3) is 6.24. The van der Waals surface area contributed by atoms with Gasteiger partial charge in [-0.25, -0.2) is 4.39 Å². The predicted molar refractivity (Wildman–Crippen MR) is 119 cm³/mol. The molecular weight excluding hydrogens is 423 g/mol. The minimum absolute atomic E-state index is 0.123. The Morgan fingerprint density at radius 1 is 1.13 bits per heavy atom. The van der Waals surface area contributed by atoms with Crippen LogP contribution < -0.4 is 10.1 Å². The molecule has 0 aliphatic rings. The minimum Gasteiger partial charge on any atom is -0.494 e. The lowest BCUT2D eigenvalue weighted by Gasteiger charge is -2.07. The molecule has 1 aromatic heterocycles. The molecule has 0 atom stereocenters. The molecule has 1 heterocycles. The Morgan fingerprint density at radius 3 is 2.63 bits per heavy atom. The van der Waals surface area contributed by atoms with E-state index in [-0.39, 0.29) is 17.5 Å². The fraction of sp³-hybridized carbons (Fsp3) is 0.286. The molecule has 0 fully saturated rings. The number of anilines is 1. The van der Waals surface area contributed by atoms with E-state index in [4.69, 9.17) is 4.74 Å². The van der Waals surface area contributed by atoms with Crippen LogP contribution >= 0.6 is 23.5 Å². The third-order valence-corrected chi connectivity index (χ3v) is 6.15. The number of hydrogen-bond acceptors (Lipinski definition) is 6. The molecule has 0 saturated heterocycles. The summed E-state index contributed by atoms with van der Waals surface area (Å²) in [5.74, 6) is 2.63. The Hall–Kier alpha value is -2.52. The van der Waals surface area contributed by atoms with Gasteiger partial charge in [0.05, 0.1) is 18.1 Å². The largest absolute Gasteiger partial charge is 0.494 e. The number of nitrogens with zero attached hydrogens (tertiary/aromatic N) is 3. The number of ether oxygens (including phenoxy) is 1. The highest BCUT2D eigenvalue weighted by molar-refractivity contribution is 7.99. The van der Waals surface area contributed by atoms with E-state index in [2.05, 4.69) is 15.5 Å². The SMILES string of the molecule is CCOc1ccc(NC(=O)CSc2nnc(CSCc3ccccc3F)n2C)cc1. The normalized spacial score (nSPS) is 10.8. The number of carbonyl (C=O) groups is 1. The van der Waals surface area contributed by atoms with Gasteiger partial charge in [-0.2, -0.15) is 0 Å². The molecule has 1 amide bonds. The molecule has 0 aliphatic carbocycles. The molecule has 0 saturated carbocycles. The molecule has 30 heavy (non-hydrogen) atoms. The van der Waals surface area contributed by atoms with Crippen molar-refractivity contribution in [3.05, 3.63) is 65.7 Å². The van der Waals surface area contributed by atoms with Crippen molar-refractivity contribution in [3.8, 4) is 5.75 Å². The lowest BCUT2D eigenvalue weighted by Crippen LogP contribution is -2.14. The Kier molecular flexibility index (Phi) is 8.15. The lowest BCUT2D eigenvalue weighted by molar-refractivity contribution is -0.113. The van der Waals surface area contributed by atoms with Crippen molar-refractivity contribution < 1.29 is 13.9 Å². The quantitative estimate of drug-likeness (QED) is 0.462. The summed E-state index contributed by atoms with van der Waals surface area (Å²) in [7, 11) is 1.87. The average Bonchev–Trinajstić information content (AvgIpc) is 3.09.